The number of aromatic nitrogens is 2. The molecule has 0 atom stereocenters. The summed E-state index contributed by atoms with van der Waals surface area (Å²) in [5.41, 5.74) is 8.32. The van der Waals surface area contributed by atoms with E-state index in [9.17, 15) is 4.79 Å². The van der Waals surface area contributed by atoms with E-state index in [1.54, 1.807) is 45.6 Å². The van der Waals surface area contributed by atoms with Gasteiger partial charge in [0.2, 0.25) is 5.75 Å². The second kappa shape index (κ2) is 9.98. The molecule has 2 aromatic heterocycles. The van der Waals surface area contributed by atoms with Gasteiger partial charge in [-0.3, -0.25) is 4.79 Å². The molecule has 0 radical (unpaired) electrons. The van der Waals surface area contributed by atoms with Crippen molar-refractivity contribution in [3.8, 4) is 44.1 Å². The number of nitrogens with two attached hydrogens (primary N) is 1. The highest BCUT2D eigenvalue weighted by atomic mass is 32.1. The molecule has 176 valence electrons. The predicted octanol–water partition coefficient (Wildman–Crippen LogP) is 5.21. The summed E-state index contributed by atoms with van der Waals surface area (Å²) in [5.74, 6) is 1.95. The van der Waals surface area contributed by atoms with E-state index in [4.69, 9.17) is 29.7 Å². The molecule has 4 rings (SSSR count). The van der Waals surface area contributed by atoms with Crippen LogP contribution in [0.4, 0.5) is 16.6 Å². The highest BCUT2D eigenvalue weighted by Crippen LogP contribution is 2.43. The topological polar surface area (TPSA) is 118 Å². The first-order valence-corrected chi connectivity index (χ1v) is 11.7. The number of nitrogen functional groups attached to an aromatic ring is 1. The van der Waals surface area contributed by atoms with Gasteiger partial charge < -0.3 is 30.0 Å². The Labute approximate surface area is 204 Å². The van der Waals surface area contributed by atoms with Crippen molar-refractivity contribution in [2.45, 2.75) is 6.92 Å². The van der Waals surface area contributed by atoms with E-state index in [0.717, 1.165) is 10.4 Å². The molecule has 0 saturated heterocycles. The van der Waals surface area contributed by atoms with E-state index in [2.05, 4.69) is 10.3 Å². The molecule has 34 heavy (non-hydrogen) atoms. The van der Waals surface area contributed by atoms with E-state index in [0.29, 0.717) is 50.3 Å². The normalized spacial score (nSPS) is 10.6. The zero-order valence-electron chi connectivity index (χ0n) is 18.9. The highest BCUT2D eigenvalue weighted by Gasteiger charge is 2.18. The Morgan fingerprint density at radius 3 is 2.35 bits per heavy atom. The maximum absolute atomic E-state index is 11.4. The average Bonchev–Trinajstić information content (AvgIpc) is 3.44. The summed E-state index contributed by atoms with van der Waals surface area (Å²) in [7, 11) is 4.66. The van der Waals surface area contributed by atoms with Crippen molar-refractivity contribution < 1.29 is 23.7 Å². The lowest BCUT2D eigenvalue weighted by Crippen LogP contribution is -2.02. The van der Waals surface area contributed by atoms with Crippen LogP contribution in [0.1, 0.15) is 6.92 Å². The van der Waals surface area contributed by atoms with Crippen molar-refractivity contribution in [1.82, 2.24) is 9.97 Å². The third-order valence-electron chi connectivity index (χ3n) is 4.68. The zero-order valence-corrected chi connectivity index (χ0v) is 20.5. The van der Waals surface area contributed by atoms with E-state index in [1.807, 2.05) is 17.5 Å². The lowest BCUT2D eigenvalue weighted by atomic mass is 10.1. The van der Waals surface area contributed by atoms with Crippen molar-refractivity contribution in [3.05, 3.63) is 41.8 Å². The van der Waals surface area contributed by atoms with Gasteiger partial charge in [-0.05, 0) is 12.1 Å². The molecule has 0 aliphatic carbocycles. The lowest BCUT2D eigenvalue weighted by molar-refractivity contribution is -0.131. The number of benzene rings is 2. The van der Waals surface area contributed by atoms with Gasteiger partial charge in [-0.2, -0.15) is 0 Å². The number of methoxy groups -OCH3 is 3. The quantitative estimate of drug-likeness (QED) is 0.249. The van der Waals surface area contributed by atoms with Crippen LogP contribution in [0.25, 0.3) is 21.1 Å². The number of hydrogen-bond donors (Lipinski definition) is 2. The summed E-state index contributed by atoms with van der Waals surface area (Å²) in [6.07, 6.45) is 0. The molecular weight excluding hydrogens is 476 g/mol. The minimum atomic E-state index is -0.392. The van der Waals surface area contributed by atoms with Crippen molar-refractivity contribution in [3.63, 3.8) is 0 Å². The van der Waals surface area contributed by atoms with Crippen LogP contribution in [-0.4, -0.2) is 37.3 Å². The molecule has 0 bridgehead atoms. The standard InChI is InChI=1S/C23H22N4O5S2/c1-12(28)32-16-8-6-5-7-14(16)15-11-33-22(26-15)20-21(24)27-23(34-20)25-13-9-17(29-2)19(31-4)18(10-13)30-3/h5-11H,24H2,1-4H3,(H,25,27). The smallest absolute Gasteiger partial charge is 0.308 e. The van der Waals surface area contributed by atoms with Gasteiger partial charge >= 0.3 is 5.97 Å². The third-order valence-corrected chi connectivity index (χ3v) is 6.67. The number of thiazole rings is 2. The van der Waals surface area contributed by atoms with E-state index < -0.39 is 5.97 Å². The second-order valence-electron chi connectivity index (χ2n) is 6.90. The van der Waals surface area contributed by atoms with Gasteiger partial charge in [0.25, 0.3) is 0 Å². The Morgan fingerprint density at radius 2 is 1.71 bits per heavy atom. The van der Waals surface area contributed by atoms with Gasteiger partial charge in [0.1, 0.15) is 21.5 Å². The molecule has 0 unspecified atom stereocenters. The van der Waals surface area contributed by atoms with E-state index in [1.165, 1.54) is 29.6 Å². The zero-order chi connectivity index (χ0) is 24.2. The van der Waals surface area contributed by atoms with Crippen LogP contribution in [0.2, 0.25) is 0 Å². The number of carbonyl (C=O) groups excluding carboxylic acids is 1. The summed E-state index contributed by atoms with van der Waals surface area (Å²) in [4.78, 5) is 21.3. The van der Waals surface area contributed by atoms with E-state index in [-0.39, 0.29) is 0 Å². The Kier molecular flexibility index (Phi) is 6.85. The predicted molar refractivity (Wildman–Crippen MR) is 134 cm³/mol. The van der Waals surface area contributed by atoms with Crippen molar-refractivity contribution in [1.29, 1.82) is 0 Å². The van der Waals surface area contributed by atoms with Crippen LogP contribution in [0, 0.1) is 0 Å². The molecule has 0 spiro atoms. The highest BCUT2D eigenvalue weighted by molar-refractivity contribution is 7.23. The minimum Gasteiger partial charge on any atom is -0.493 e. The maximum atomic E-state index is 11.4. The van der Waals surface area contributed by atoms with Gasteiger partial charge in [-0.15, -0.1) is 11.3 Å². The molecule has 4 aromatic rings. The van der Waals surface area contributed by atoms with Gasteiger partial charge in [-0.1, -0.05) is 23.5 Å². The molecule has 9 nitrogen and oxygen atoms in total. The molecule has 0 saturated carbocycles. The fraction of sp³-hybridized carbons (Fsp3) is 0.174. The van der Waals surface area contributed by atoms with Crippen molar-refractivity contribution in [2.24, 2.45) is 0 Å². The van der Waals surface area contributed by atoms with Crippen LogP contribution in [0.15, 0.2) is 41.8 Å². The number of anilines is 3. The molecular formula is C23H22N4O5S2. The maximum Gasteiger partial charge on any atom is 0.308 e. The molecule has 11 heteroatoms. The summed E-state index contributed by atoms with van der Waals surface area (Å²) in [6, 6.07) is 10.8. The minimum absolute atomic E-state index is 0.356. The fourth-order valence-electron chi connectivity index (χ4n) is 3.24. The van der Waals surface area contributed by atoms with Gasteiger partial charge in [0.15, 0.2) is 16.6 Å². The molecule has 0 amide bonds. The Hall–Kier alpha value is -3.83. The number of rotatable bonds is 8. The summed E-state index contributed by atoms with van der Waals surface area (Å²) >= 11 is 2.80. The van der Waals surface area contributed by atoms with E-state index >= 15 is 0 Å². The number of nitrogens with zero attached hydrogens (tertiary/aromatic N) is 2. The summed E-state index contributed by atoms with van der Waals surface area (Å²) in [5, 5.41) is 6.42. The fourth-order valence-corrected chi connectivity index (χ4v) is 5.06. The molecule has 2 aromatic carbocycles. The average molecular weight is 499 g/mol. The third kappa shape index (κ3) is 4.75. The van der Waals surface area contributed by atoms with Crippen LogP contribution in [0.5, 0.6) is 23.0 Å². The first kappa shape index (κ1) is 23.3. The first-order valence-electron chi connectivity index (χ1n) is 10.0. The Bertz CT molecular complexity index is 1310. The molecule has 0 aliphatic heterocycles. The Morgan fingerprint density at radius 1 is 1.00 bits per heavy atom. The van der Waals surface area contributed by atoms with Gasteiger partial charge in [0.05, 0.1) is 27.0 Å². The number of nitrogens with one attached hydrogen (secondary N) is 1. The summed E-state index contributed by atoms with van der Waals surface area (Å²) < 4.78 is 21.5. The van der Waals surface area contributed by atoms with Crippen molar-refractivity contribution >= 4 is 45.3 Å². The number of carbonyl (C=O) groups is 1. The lowest BCUT2D eigenvalue weighted by Gasteiger charge is -2.14. The first-order chi connectivity index (χ1) is 16.4. The van der Waals surface area contributed by atoms with Gasteiger partial charge in [0, 0.05) is 35.7 Å². The van der Waals surface area contributed by atoms with Crippen LogP contribution < -0.4 is 30.0 Å². The number of para-hydroxylation sites is 1. The second-order valence-corrected chi connectivity index (χ2v) is 8.76. The van der Waals surface area contributed by atoms with Crippen LogP contribution >= 0.6 is 22.7 Å². The van der Waals surface area contributed by atoms with Crippen molar-refractivity contribution in [2.75, 3.05) is 32.4 Å². The van der Waals surface area contributed by atoms with Crippen LogP contribution in [-0.2, 0) is 4.79 Å². The molecule has 0 aliphatic rings. The largest absolute Gasteiger partial charge is 0.493 e. The van der Waals surface area contributed by atoms with Crippen LogP contribution in [0.3, 0.4) is 0 Å². The Balaban J connectivity index is 1.62. The van der Waals surface area contributed by atoms with Gasteiger partial charge in [-0.25, -0.2) is 9.97 Å². The molecule has 2 heterocycles. The number of esters is 1. The summed E-state index contributed by atoms with van der Waals surface area (Å²) in [6.45, 7) is 1.36. The molecule has 0 fully saturated rings. The number of ether oxygens (including phenoxy) is 4. The number of hydrogen-bond acceptors (Lipinski definition) is 11. The molecule has 3 N–H and O–H groups in total. The SMILES string of the molecule is COc1cc(Nc2nc(N)c(-c3nc(-c4ccccc4OC(C)=O)cs3)s2)cc(OC)c1OC. The monoisotopic (exact) mass is 498 g/mol.